The zero-order valence-corrected chi connectivity index (χ0v) is 18.8. The van der Waals surface area contributed by atoms with Crippen molar-refractivity contribution in [1.82, 2.24) is 20.3 Å². The number of pyridine rings is 1. The van der Waals surface area contributed by atoms with Crippen LogP contribution in [0.25, 0.3) is 11.3 Å². The largest absolute Gasteiger partial charge is 0.365 e. The third kappa shape index (κ3) is 4.93. The second-order valence-corrected chi connectivity index (χ2v) is 8.21. The van der Waals surface area contributed by atoms with Crippen molar-refractivity contribution in [2.24, 2.45) is 5.73 Å². The molecule has 172 valence electrons. The monoisotopic (exact) mass is 449 g/mol. The number of nitrogens with zero attached hydrogens (tertiary/aromatic N) is 4. The lowest BCUT2D eigenvalue weighted by Crippen LogP contribution is -2.50. The Morgan fingerprint density at radius 3 is 2.61 bits per heavy atom. The summed E-state index contributed by atoms with van der Waals surface area (Å²) in [7, 11) is 3.77. The SMILES string of the molecule is CNC1CCCCC1N(C)c1nc(Nc2ccc(-c3ccncn3)cc2)c(C(N)=O)cc1F. The van der Waals surface area contributed by atoms with Gasteiger partial charge in [0.1, 0.15) is 12.1 Å². The minimum absolute atomic E-state index is 0.00154. The number of halogens is 1. The van der Waals surface area contributed by atoms with E-state index in [9.17, 15) is 4.79 Å². The minimum Gasteiger partial charge on any atom is -0.365 e. The van der Waals surface area contributed by atoms with Crippen LogP contribution >= 0.6 is 0 Å². The fourth-order valence-electron chi connectivity index (χ4n) is 4.40. The number of amides is 1. The molecule has 3 aromatic rings. The first-order valence-electron chi connectivity index (χ1n) is 11.0. The number of carbonyl (C=O) groups excluding carboxylic acids is 1. The van der Waals surface area contributed by atoms with E-state index in [-0.39, 0.29) is 29.3 Å². The van der Waals surface area contributed by atoms with Crippen molar-refractivity contribution in [3.63, 3.8) is 0 Å². The molecule has 8 nitrogen and oxygen atoms in total. The Balaban J connectivity index is 1.64. The molecule has 33 heavy (non-hydrogen) atoms. The van der Waals surface area contributed by atoms with Crippen LogP contribution in [0.2, 0.25) is 0 Å². The quantitative estimate of drug-likeness (QED) is 0.507. The molecule has 0 spiro atoms. The molecule has 9 heteroatoms. The lowest BCUT2D eigenvalue weighted by Gasteiger charge is -2.38. The van der Waals surface area contributed by atoms with Gasteiger partial charge in [-0.05, 0) is 44.2 Å². The van der Waals surface area contributed by atoms with Crippen molar-refractivity contribution in [3.05, 3.63) is 60.3 Å². The Morgan fingerprint density at radius 2 is 1.94 bits per heavy atom. The number of nitrogens with one attached hydrogen (secondary N) is 2. The Hall–Kier alpha value is -3.59. The first kappa shape index (κ1) is 22.6. The standard InChI is InChI=1S/C24H28FN7O/c1-27-20-5-3-4-6-21(20)32(2)24-18(25)13-17(22(26)33)23(31-24)30-16-9-7-15(8-10-16)19-11-12-28-14-29-19/h7-14,20-21,27H,3-6H2,1-2H3,(H2,26,33)(H,30,31). The number of anilines is 3. The van der Waals surface area contributed by atoms with E-state index in [1.54, 1.807) is 6.20 Å². The molecule has 1 aliphatic rings. The molecule has 1 aromatic carbocycles. The topological polar surface area (TPSA) is 109 Å². The summed E-state index contributed by atoms with van der Waals surface area (Å²) in [6.07, 6.45) is 7.36. The smallest absolute Gasteiger partial charge is 0.252 e. The van der Waals surface area contributed by atoms with E-state index >= 15 is 4.39 Å². The number of rotatable bonds is 7. The van der Waals surface area contributed by atoms with E-state index in [4.69, 9.17) is 5.73 Å². The average Bonchev–Trinajstić information content (AvgIpc) is 2.85. The van der Waals surface area contributed by atoms with Crippen LogP contribution in [-0.4, -0.2) is 47.0 Å². The highest BCUT2D eigenvalue weighted by Crippen LogP contribution is 2.31. The number of primary amides is 1. The van der Waals surface area contributed by atoms with Gasteiger partial charge in [0.25, 0.3) is 5.91 Å². The van der Waals surface area contributed by atoms with Gasteiger partial charge in [0.2, 0.25) is 0 Å². The molecule has 2 atom stereocenters. The van der Waals surface area contributed by atoms with Crippen LogP contribution < -0.4 is 21.3 Å². The second kappa shape index (κ2) is 9.91. The average molecular weight is 450 g/mol. The summed E-state index contributed by atoms with van der Waals surface area (Å²) in [5, 5.41) is 6.47. The molecule has 1 amide bonds. The highest BCUT2D eigenvalue weighted by Gasteiger charge is 2.30. The normalized spacial score (nSPS) is 18.0. The third-order valence-electron chi connectivity index (χ3n) is 6.18. The zero-order valence-electron chi connectivity index (χ0n) is 18.8. The number of hydrogen-bond donors (Lipinski definition) is 3. The van der Waals surface area contributed by atoms with Crippen molar-refractivity contribution in [1.29, 1.82) is 0 Å². The molecule has 2 aromatic heterocycles. The van der Waals surface area contributed by atoms with Crippen LogP contribution in [0.4, 0.5) is 21.7 Å². The predicted octanol–water partition coefficient (Wildman–Crippen LogP) is 3.49. The second-order valence-electron chi connectivity index (χ2n) is 8.21. The maximum Gasteiger partial charge on any atom is 0.252 e. The molecule has 0 bridgehead atoms. The van der Waals surface area contributed by atoms with Crippen molar-refractivity contribution in [3.8, 4) is 11.3 Å². The molecule has 4 N–H and O–H groups in total. The van der Waals surface area contributed by atoms with Gasteiger partial charge < -0.3 is 21.3 Å². The number of hydrogen-bond acceptors (Lipinski definition) is 7. The predicted molar refractivity (Wildman–Crippen MR) is 127 cm³/mol. The van der Waals surface area contributed by atoms with Gasteiger partial charge in [-0.3, -0.25) is 4.79 Å². The van der Waals surface area contributed by atoms with E-state index in [1.165, 1.54) is 6.33 Å². The first-order valence-corrected chi connectivity index (χ1v) is 11.0. The summed E-state index contributed by atoms with van der Waals surface area (Å²) in [6, 6.07) is 10.8. The summed E-state index contributed by atoms with van der Waals surface area (Å²) in [6.45, 7) is 0. The van der Waals surface area contributed by atoms with E-state index in [0.29, 0.717) is 5.69 Å². The summed E-state index contributed by atoms with van der Waals surface area (Å²) in [4.78, 5) is 26.6. The molecular formula is C24H28FN7O. The lowest BCUT2D eigenvalue weighted by molar-refractivity contribution is 0.100. The molecule has 4 rings (SSSR count). The van der Waals surface area contributed by atoms with Crippen molar-refractivity contribution in [2.45, 2.75) is 37.8 Å². The number of nitrogens with two attached hydrogens (primary N) is 1. The Bertz CT molecular complexity index is 1110. The van der Waals surface area contributed by atoms with Crippen LogP contribution in [-0.2, 0) is 0 Å². The summed E-state index contributed by atoms with van der Waals surface area (Å²) in [5.74, 6) is -0.914. The molecular weight excluding hydrogens is 421 g/mol. The zero-order chi connectivity index (χ0) is 23.4. The van der Waals surface area contributed by atoms with Crippen LogP contribution in [0.15, 0.2) is 48.9 Å². The molecule has 1 fully saturated rings. The summed E-state index contributed by atoms with van der Waals surface area (Å²) in [5.41, 5.74) is 7.93. The summed E-state index contributed by atoms with van der Waals surface area (Å²) < 4.78 is 15.0. The van der Waals surface area contributed by atoms with Crippen LogP contribution in [0.5, 0.6) is 0 Å². The van der Waals surface area contributed by atoms with E-state index in [1.807, 2.05) is 49.3 Å². The van der Waals surface area contributed by atoms with E-state index in [0.717, 1.165) is 43.0 Å². The molecule has 0 radical (unpaired) electrons. The highest BCUT2D eigenvalue weighted by atomic mass is 19.1. The van der Waals surface area contributed by atoms with Gasteiger partial charge in [0.15, 0.2) is 11.6 Å². The lowest BCUT2D eigenvalue weighted by atomic mass is 9.89. The van der Waals surface area contributed by atoms with Crippen molar-refractivity contribution < 1.29 is 9.18 Å². The van der Waals surface area contributed by atoms with Gasteiger partial charge in [-0.2, -0.15) is 0 Å². The number of aromatic nitrogens is 3. The number of likely N-dealkylation sites (N-methyl/N-ethyl adjacent to an activating group) is 2. The fourth-order valence-corrected chi connectivity index (χ4v) is 4.40. The van der Waals surface area contributed by atoms with Gasteiger partial charge in [0, 0.05) is 36.6 Å². The van der Waals surface area contributed by atoms with Gasteiger partial charge in [-0.25, -0.2) is 19.3 Å². The van der Waals surface area contributed by atoms with Gasteiger partial charge in [0.05, 0.1) is 11.3 Å². The van der Waals surface area contributed by atoms with Gasteiger partial charge in [-0.1, -0.05) is 25.0 Å². The Kier molecular flexibility index (Phi) is 6.79. The maximum absolute atomic E-state index is 15.0. The van der Waals surface area contributed by atoms with E-state index < -0.39 is 11.7 Å². The third-order valence-corrected chi connectivity index (χ3v) is 6.18. The summed E-state index contributed by atoms with van der Waals surface area (Å²) >= 11 is 0. The van der Waals surface area contributed by atoms with Gasteiger partial charge in [-0.15, -0.1) is 0 Å². The molecule has 2 heterocycles. The first-order chi connectivity index (χ1) is 16.0. The fraction of sp³-hybridized carbons (Fsp3) is 0.333. The Morgan fingerprint density at radius 1 is 1.18 bits per heavy atom. The molecule has 1 saturated carbocycles. The maximum atomic E-state index is 15.0. The molecule has 0 saturated heterocycles. The highest BCUT2D eigenvalue weighted by molar-refractivity contribution is 5.98. The van der Waals surface area contributed by atoms with Gasteiger partial charge >= 0.3 is 0 Å². The molecule has 0 aliphatic heterocycles. The number of carbonyl (C=O) groups is 1. The van der Waals surface area contributed by atoms with Crippen LogP contribution in [0.1, 0.15) is 36.0 Å². The van der Waals surface area contributed by atoms with Crippen LogP contribution in [0, 0.1) is 5.82 Å². The number of benzene rings is 1. The van der Waals surface area contributed by atoms with Crippen molar-refractivity contribution in [2.75, 3.05) is 24.3 Å². The molecule has 2 unspecified atom stereocenters. The van der Waals surface area contributed by atoms with Crippen molar-refractivity contribution >= 4 is 23.2 Å². The van der Waals surface area contributed by atoms with Crippen LogP contribution in [0.3, 0.4) is 0 Å². The minimum atomic E-state index is -0.749. The van der Waals surface area contributed by atoms with E-state index in [2.05, 4.69) is 25.6 Å². The molecule has 1 aliphatic carbocycles. The Labute approximate surface area is 192 Å².